The summed E-state index contributed by atoms with van der Waals surface area (Å²) in [6.07, 6.45) is 1.89. The molecule has 2 aromatic carbocycles. The minimum Gasteiger partial charge on any atom is -1.00 e. The van der Waals surface area contributed by atoms with Crippen LogP contribution >= 0.6 is 15.9 Å². The van der Waals surface area contributed by atoms with Crippen LogP contribution < -0.4 is 21.5 Å². The van der Waals surface area contributed by atoms with Crippen LogP contribution in [0.1, 0.15) is 10.4 Å². The Kier molecular flexibility index (Phi) is 6.25. The number of carbonyl (C=O) groups excluding carboxylic acids is 1. The lowest BCUT2D eigenvalue weighted by atomic mass is 10.0. The lowest BCUT2D eigenvalue weighted by Crippen LogP contribution is -3.00. The second-order valence-corrected chi connectivity index (χ2v) is 5.83. The molecule has 2 nitrogen and oxygen atoms in total. The highest BCUT2D eigenvalue weighted by Gasteiger charge is 2.14. The Morgan fingerprint density at radius 1 is 0.826 bits per heavy atom. The first-order chi connectivity index (χ1) is 10.7. The predicted octanol–water partition coefficient (Wildman–Crippen LogP) is 1.29. The summed E-state index contributed by atoms with van der Waals surface area (Å²) in [6.45, 7) is 0.326. The normalized spacial score (nSPS) is 9.96. The maximum Gasteiger partial charge on any atom is 0.248 e. The van der Waals surface area contributed by atoms with Crippen LogP contribution in [0.4, 0.5) is 0 Å². The molecule has 23 heavy (non-hydrogen) atoms. The van der Waals surface area contributed by atoms with Gasteiger partial charge in [0.15, 0.2) is 6.20 Å². The van der Waals surface area contributed by atoms with Gasteiger partial charge < -0.3 is 17.0 Å². The van der Waals surface area contributed by atoms with Crippen LogP contribution in [0.2, 0.25) is 0 Å². The molecule has 0 amide bonds. The molecule has 0 N–H and O–H groups in total. The van der Waals surface area contributed by atoms with Crippen LogP contribution in [0.3, 0.4) is 0 Å². The summed E-state index contributed by atoms with van der Waals surface area (Å²) in [5, 5.41) is 0. The topological polar surface area (TPSA) is 20.9 Å². The van der Waals surface area contributed by atoms with Gasteiger partial charge in [-0.2, -0.15) is 4.57 Å². The first-order valence-electron chi connectivity index (χ1n) is 7.07. The zero-order valence-electron chi connectivity index (χ0n) is 12.3. The van der Waals surface area contributed by atoms with E-state index in [0.717, 1.165) is 21.3 Å². The molecule has 0 bridgehead atoms. The third kappa shape index (κ3) is 4.36. The molecule has 1 heterocycles. The lowest BCUT2D eigenvalue weighted by Gasteiger charge is -2.03. The van der Waals surface area contributed by atoms with Crippen molar-refractivity contribution in [3.05, 3.63) is 89.2 Å². The van der Waals surface area contributed by atoms with Crippen molar-refractivity contribution in [2.45, 2.75) is 6.54 Å². The van der Waals surface area contributed by atoms with E-state index in [1.807, 2.05) is 71.4 Å². The number of aromatic nitrogens is 1. The molecular weight excluding hydrogens is 418 g/mol. The first kappa shape index (κ1) is 17.6. The molecule has 0 atom stereocenters. The Hall–Kier alpha value is -1.78. The molecule has 3 rings (SSSR count). The van der Waals surface area contributed by atoms with Crippen molar-refractivity contribution in [3.8, 4) is 11.1 Å². The third-order valence-corrected chi connectivity index (χ3v) is 4.23. The van der Waals surface area contributed by atoms with Crippen molar-refractivity contribution in [3.63, 3.8) is 0 Å². The Labute approximate surface area is 154 Å². The smallest absolute Gasteiger partial charge is 0.248 e. The van der Waals surface area contributed by atoms with Crippen LogP contribution in [0.25, 0.3) is 11.1 Å². The number of pyridine rings is 1. The van der Waals surface area contributed by atoms with Crippen molar-refractivity contribution in [2.75, 3.05) is 0 Å². The van der Waals surface area contributed by atoms with Gasteiger partial charge in [0, 0.05) is 33.6 Å². The highest BCUT2D eigenvalue weighted by molar-refractivity contribution is 9.10. The number of hydrogen-bond donors (Lipinski definition) is 0. The molecule has 0 aliphatic carbocycles. The van der Waals surface area contributed by atoms with Crippen molar-refractivity contribution in [1.29, 1.82) is 0 Å². The summed E-state index contributed by atoms with van der Waals surface area (Å²) < 4.78 is 2.78. The van der Waals surface area contributed by atoms with Crippen LogP contribution in [0.15, 0.2) is 83.6 Å². The van der Waals surface area contributed by atoms with E-state index < -0.39 is 0 Å². The van der Waals surface area contributed by atoms with Gasteiger partial charge in [-0.15, -0.1) is 0 Å². The maximum atomic E-state index is 12.4. The summed E-state index contributed by atoms with van der Waals surface area (Å²) >= 11 is 3.45. The van der Waals surface area contributed by atoms with Gasteiger partial charge in [0.25, 0.3) is 0 Å². The quantitative estimate of drug-likeness (QED) is 0.345. The fourth-order valence-electron chi connectivity index (χ4n) is 2.31. The van der Waals surface area contributed by atoms with E-state index in [1.54, 1.807) is 0 Å². The fraction of sp³-hybridized carbons (Fsp3) is 0.0526. The summed E-state index contributed by atoms with van der Waals surface area (Å²) in [4.78, 5) is 12.4. The van der Waals surface area contributed by atoms with E-state index in [-0.39, 0.29) is 22.8 Å². The molecule has 0 spiro atoms. The Morgan fingerprint density at radius 3 is 2.09 bits per heavy atom. The Morgan fingerprint density at radius 2 is 1.43 bits per heavy atom. The van der Waals surface area contributed by atoms with Gasteiger partial charge in [-0.25, -0.2) is 0 Å². The number of halogens is 2. The molecule has 0 aliphatic heterocycles. The van der Waals surface area contributed by atoms with Gasteiger partial charge in [-0.1, -0.05) is 54.6 Å². The number of benzene rings is 2. The molecule has 4 heteroatoms. The van der Waals surface area contributed by atoms with Gasteiger partial charge in [0.1, 0.15) is 0 Å². The SMILES string of the molecule is O=C(C[n+]1ccccc1Br)c1ccc(-c2ccccc2)cc1.[Br-]. The van der Waals surface area contributed by atoms with Crippen LogP contribution in [-0.2, 0) is 6.54 Å². The zero-order chi connectivity index (χ0) is 15.4. The number of nitrogens with zero attached hydrogens (tertiary/aromatic N) is 1. The van der Waals surface area contributed by atoms with E-state index in [4.69, 9.17) is 0 Å². The summed E-state index contributed by atoms with van der Waals surface area (Å²) in [5.41, 5.74) is 3.00. The highest BCUT2D eigenvalue weighted by Crippen LogP contribution is 2.19. The zero-order valence-corrected chi connectivity index (χ0v) is 15.5. The van der Waals surface area contributed by atoms with Crippen molar-refractivity contribution >= 4 is 21.7 Å². The van der Waals surface area contributed by atoms with Gasteiger partial charge in [-0.05, 0) is 17.2 Å². The van der Waals surface area contributed by atoms with E-state index in [2.05, 4.69) is 28.1 Å². The largest absolute Gasteiger partial charge is 1.00 e. The molecule has 3 aromatic rings. The second-order valence-electron chi connectivity index (χ2n) is 5.02. The van der Waals surface area contributed by atoms with E-state index in [0.29, 0.717) is 6.54 Å². The number of Topliss-reactive ketones (excluding diaryl/α,β-unsaturated/α-hetero) is 1. The minimum absolute atomic E-state index is 0. The van der Waals surface area contributed by atoms with Crippen molar-refractivity contribution < 1.29 is 26.3 Å². The molecule has 1 aromatic heterocycles. The lowest BCUT2D eigenvalue weighted by molar-refractivity contribution is -0.694. The molecular formula is C19H15Br2NO. The van der Waals surface area contributed by atoms with Gasteiger partial charge in [0.2, 0.25) is 16.9 Å². The molecule has 0 fully saturated rings. The number of ketones is 1. The monoisotopic (exact) mass is 431 g/mol. The molecule has 0 radical (unpaired) electrons. The molecule has 0 unspecified atom stereocenters. The first-order valence-corrected chi connectivity index (χ1v) is 7.86. The molecule has 0 saturated heterocycles. The Balaban J connectivity index is 0.00000192. The van der Waals surface area contributed by atoms with Crippen LogP contribution in [0, 0.1) is 0 Å². The minimum atomic E-state index is 0. The fourth-order valence-corrected chi connectivity index (χ4v) is 2.71. The van der Waals surface area contributed by atoms with E-state index in [1.165, 1.54) is 0 Å². The number of hydrogen-bond acceptors (Lipinski definition) is 1. The third-order valence-electron chi connectivity index (χ3n) is 3.51. The number of carbonyl (C=O) groups is 1. The van der Waals surface area contributed by atoms with E-state index >= 15 is 0 Å². The van der Waals surface area contributed by atoms with Crippen molar-refractivity contribution in [2.24, 2.45) is 0 Å². The van der Waals surface area contributed by atoms with Gasteiger partial charge in [0.05, 0.1) is 0 Å². The summed E-state index contributed by atoms with van der Waals surface area (Å²) in [5.74, 6) is 0.0940. The van der Waals surface area contributed by atoms with E-state index in [9.17, 15) is 4.79 Å². The average Bonchev–Trinajstić information content (AvgIpc) is 2.58. The van der Waals surface area contributed by atoms with Crippen LogP contribution in [0.5, 0.6) is 0 Å². The Bertz CT molecular complexity index is 786. The van der Waals surface area contributed by atoms with Gasteiger partial charge >= 0.3 is 0 Å². The highest BCUT2D eigenvalue weighted by atomic mass is 79.9. The summed E-state index contributed by atoms with van der Waals surface area (Å²) in [6, 6.07) is 23.7. The standard InChI is InChI=1S/C19H15BrNO.BrH/c20-19-8-4-5-13-21(19)14-18(22)17-11-9-16(10-12-17)15-6-2-1-3-7-15;/h1-13H,14H2;1H/q+1;/p-1. The maximum absolute atomic E-state index is 12.4. The molecule has 0 aliphatic rings. The average molecular weight is 433 g/mol. The van der Waals surface area contributed by atoms with Gasteiger partial charge in [-0.3, -0.25) is 4.79 Å². The number of rotatable bonds is 4. The molecule has 116 valence electrons. The second kappa shape index (κ2) is 8.18. The molecule has 0 saturated carbocycles. The predicted molar refractivity (Wildman–Crippen MR) is 90.5 cm³/mol. The van der Waals surface area contributed by atoms with Crippen molar-refractivity contribution in [1.82, 2.24) is 0 Å². The summed E-state index contributed by atoms with van der Waals surface area (Å²) in [7, 11) is 0. The van der Waals surface area contributed by atoms with Crippen LogP contribution in [-0.4, -0.2) is 5.78 Å².